The van der Waals surface area contributed by atoms with E-state index in [1.54, 1.807) is 0 Å². The first-order valence-electron chi connectivity index (χ1n) is 7.50. The van der Waals surface area contributed by atoms with Crippen molar-refractivity contribution < 1.29 is 13.2 Å². The van der Waals surface area contributed by atoms with Gasteiger partial charge in [-0.3, -0.25) is 9.48 Å². The predicted molar refractivity (Wildman–Crippen MR) is 88.7 cm³/mol. The molecule has 1 saturated heterocycles. The molecular weight excluding hydrogens is 342 g/mol. The fourth-order valence-electron chi connectivity index (χ4n) is 2.62. The summed E-state index contributed by atoms with van der Waals surface area (Å²) in [7, 11) is -3.62. The van der Waals surface area contributed by atoms with E-state index >= 15 is 0 Å². The summed E-state index contributed by atoms with van der Waals surface area (Å²) in [5, 5.41) is 6.92. The van der Waals surface area contributed by atoms with Crippen LogP contribution in [0, 0.1) is 5.92 Å². The highest BCUT2D eigenvalue weighted by atomic mass is 35.5. The number of nitrogens with two attached hydrogens (primary N) is 1. The van der Waals surface area contributed by atoms with Crippen molar-refractivity contribution in [1.82, 2.24) is 19.4 Å². The SMILES string of the molecule is CCn1nccc1S(=O)(=O)N1CCCC(C(=O)NCCN)C1.Cl. The maximum Gasteiger partial charge on any atom is 0.260 e. The topological polar surface area (TPSA) is 110 Å². The molecule has 1 fully saturated rings. The Kier molecular flexibility index (Phi) is 7.46. The molecule has 1 aromatic rings. The number of hydrogen-bond acceptors (Lipinski definition) is 5. The molecule has 0 aliphatic carbocycles. The molecule has 0 saturated carbocycles. The molecule has 1 amide bonds. The molecule has 132 valence electrons. The molecule has 23 heavy (non-hydrogen) atoms. The molecule has 1 aliphatic heterocycles. The smallest absolute Gasteiger partial charge is 0.260 e. The van der Waals surface area contributed by atoms with Crippen LogP contribution in [0.4, 0.5) is 0 Å². The number of rotatable bonds is 6. The summed E-state index contributed by atoms with van der Waals surface area (Å²) in [4.78, 5) is 12.0. The Morgan fingerprint density at radius 1 is 1.52 bits per heavy atom. The molecule has 1 unspecified atom stereocenters. The van der Waals surface area contributed by atoms with Crippen LogP contribution >= 0.6 is 12.4 Å². The molecule has 10 heteroatoms. The Morgan fingerprint density at radius 2 is 2.26 bits per heavy atom. The maximum absolute atomic E-state index is 12.7. The molecular formula is C13H24ClN5O3S. The van der Waals surface area contributed by atoms with Crippen LogP contribution in [0.15, 0.2) is 17.3 Å². The Bertz CT molecular complexity index is 619. The van der Waals surface area contributed by atoms with Gasteiger partial charge in [0.25, 0.3) is 10.0 Å². The average molecular weight is 366 g/mol. The largest absolute Gasteiger partial charge is 0.355 e. The third kappa shape index (κ3) is 4.43. The number of nitrogens with zero attached hydrogens (tertiary/aromatic N) is 3. The van der Waals surface area contributed by atoms with E-state index in [9.17, 15) is 13.2 Å². The van der Waals surface area contributed by atoms with Gasteiger partial charge in [0.2, 0.25) is 5.91 Å². The van der Waals surface area contributed by atoms with Crippen LogP contribution in [-0.4, -0.2) is 54.6 Å². The van der Waals surface area contributed by atoms with Gasteiger partial charge in [-0.15, -0.1) is 12.4 Å². The third-order valence-electron chi connectivity index (χ3n) is 3.78. The van der Waals surface area contributed by atoms with E-state index in [-0.39, 0.29) is 35.8 Å². The molecule has 3 N–H and O–H groups in total. The van der Waals surface area contributed by atoms with Crippen LogP contribution < -0.4 is 11.1 Å². The summed E-state index contributed by atoms with van der Waals surface area (Å²) in [6, 6.07) is 1.50. The third-order valence-corrected chi connectivity index (χ3v) is 5.67. The van der Waals surface area contributed by atoms with E-state index in [4.69, 9.17) is 5.73 Å². The van der Waals surface area contributed by atoms with Crippen LogP contribution in [0.1, 0.15) is 19.8 Å². The lowest BCUT2D eigenvalue weighted by Crippen LogP contribution is -2.46. The summed E-state index contributed by atoms with van der Waals surface area (Å²) in [6.45, 7) is 3.73. The van der Waals surface area contributed by atoms with E-state index < -0.39 is 10.0 Å². The Hall–Kier alpha value is -1.16. The molecule has 0 spiro atoms. The van der Waals surface area contributed by atoms with Crippen LogP contribution in [0.2, 0.25) is 0 Å². The quantitative estimate of drug-likeness (QED) is 0.725. The van der Waals surface area contributed by atoms with Crippen molar-refractivity contribution in [1.29, 1.82) is 0 Å². The minimum Gasteiger partial charge on any atom is -0.355 e. The van der Waals surface area contributed by atoms with Crippen LogP contribution in [-0.2, 0) is 21.4 Å². The summed E-state index contributed by atoms with van der Waals surface area (Å²) in [5.74, 6) is -0.456. The number of hydrogen-bond donors (Lipinski definition) is 2. The summed E-state index contributed by atoms with van der Waals surface area (Å²) in [6.07, 6.45) is 2.83. The summed E-state index contributed by atoms with van der Waals surface area (Å²) in [5.41, 5.74) is 5.37. The van der Waals surface area contributed by atoms with Crippen molar-refractivity contribution in [2.75, 3.05) is 26.2 Å². The highest BCUT2D eigenvalue weighted by Gasteiger charge is 2.34. The van der Waals surface area contributed by atoms with Gasteiger partial charge in [0.05, 0.1) is 12.1 Å². The van der Waals surface area contributed by atoms with Gasteiger partial charge in [0.15, 0.2) is 5.03 Å². The Labute approximate surface area is 142 Å². The lowest BCUT2D eigenvalue weighted by Gasteiger charge is -2.31. The van der Waals surface area contributed by atoms with Gasteiger partial charge in [0.1, 0.15) is 0 Å². The van der Waals surface area contributed by atoms with Gasteiger partial charge in [-0.1, -0.05) is 0 Å². The van der Waals surface area contributed by atoms with Gasteiger partial charge < -0.3 is 11.1 Å². The summed E-state index contributed by atoms with van der Waals surface area (Å²) < 4.78 is 28.3. The van der Waals surface area contributed by atoms with E-state index in [2.05, 4.69) is 10.4 Å². The number of carbonyl (C=O) groups excluding carboxylic acids is 1. The number of aryl methyl sites for hydroxylation is 1. The number of amides is 1. The van der Waals surface area contributed by atoms with Crippen LogP contribution in [0.25, 0.3) is 0 Å². The van der Waals surface area contributed by atoms with E-state index in [1.165, 1.54) is 21.3 Å². The second kappa shape index (κ2) is 8.62. The van der Waals surface area contributed by atoms with Crippen molar-refractivity contribution in [3.05, 3.63) is 12.3 Å². The summed E-state index contributed by atoms with van der Waals surface area (Å²) >= 11 is 0. The minimum absolute atomic E-state index is 0. The normalized spacial score (nSPS) is 19.1. The number of carbonyl (C=O) groups is 1. The molecule has 1 atom stereocenters. The molecule has 0 radical (unpaired) electrons. The van der Waals surface area contributed by atoms with Crippen LogP contribution in [0.5, 0.6) is 0 Å². The number of nitrogens with one attached hydrogen (secondary N) is 1. The molecule has 0 bridgehead atoms. The number of sulfonamides is 1. The molecule has 1 aliphatic rings. The van der Waals surface area contributed by atoms with Gasteiger partial charge in [-0.2, -0.15) is 9.40 Å². The molecule has 2 heterocycles. The first-order valence-corrected chi connectivity index (χ1v) is 8.94. The average Bonchev–Trinajstić information content (AvgIpc) is 3.02. The van der Waals surface area contributed by atoms with Crippen molar-refractivity contribution in [2.24, 2.45) is 11.7 Å². The minimum atomic E-state index is -3.62. The van der Waals surface area contributed by atoms with Gasteiger partial charge >= 0.3 is 0 Å². The van der Waals surface area contributed by atoms with E-state index in [1.807, 2.05) is 6.92 Å². The standard InChI is InChI=1S/C13H23N5O3S.ClH/c1-2-18-12(5-7-16-18)22(20,21)17-9-3-4-11(10-17)13(19)15-8-6-14;/h5,7,11H,2-4,6,8-10,14H2,1H3,(H,15,19);1H. The van der Waals surface area contributed by atoms with Crippen molar-refractivity contribution in [3.63, 3.8) is 0 Å². The van der Waals surface area contributed by atoms with E-state index in [0.29, 0.717) is 39.0 Å². The predicted octanol–water partition coefficient (Wildman–Crippen LogP) is -0.200. The first kappa shape index (κ1) is 19.9. The molecule has 2 rings (SSSR count). The van der Waals surface area contributed by atoms with Crippen molar-refractivity contribution in [3.8, 4) is 0 Å². The number of aromatic nitrogens is 2. The first-order chi connectivity index (χ1) is 10.5. The second-order valence-electron chi connectivity index (χ2n) is 5.27. The fraction of sp³-hybridized carbons (Fsp3) is 0.692. The van der Waals surface area contributed by atoms with Crippen molar-refractivity contribution >= 4 is 28.3 Å². The lowest BCUT2D eigenvalue weighted by molar-refractivity contribution is -0.126. The lowest BCUT2D eigenvalue weighted by atomic mass is 9.99. The zero-order valence-corrected chi connectivity index (χ0v) is 14.8. The molecule has 8 nitrogen and oxygen atoms in total. The van der Waals surface area contributed by atoms with Gasteiger partial charge in [-0.25, -0.2) is 8.42 Å². The monoisotopic (exact) mass is 365 g/mol. The fourth-order valence-corrected chi connectivity index (χ4v) is 4.31. The van der Waals surface area contributed by atoms with Gasteiger partial charge in [-0.05, 0) is 25.8 Å². The zero-order valence-electron chi connectivity index (χ0n) is 13.1. The second-order valence-corrected chi connectivity index (χ2v) is 7.15. The van der Waals surface area contributed by atoms with E-state index in [0.717, 1.165) is 0 Å². The van der Waals surface area contributed by atoms with Crippen LogP contribution in [0.3, 0.4) is 0 Å². The zero-order chi connectivity index (χ0) is 16.2. The number of piperidine rings is 1. The highest BCUT2D eigenvalue weighted by molar-refractivity contribution is 7.89. The Morgan fingerprint density at radius 3 is 2.91 bits per heavy atom. The molecule has 0 aromatic carbocycles. The van der Waals surface area contributed by atoms with Gasteiger partial charge in [0, 0.05) is 32.7 Å². The Balaban J connectivity index is 0.00000264. The highest BCUT2D eigenvalue weighted by Crippen LogP contribution is 2.23. The van der Waals surface area contributed by atoms with Crippen molar-refractivity contribution in [2.45, 2.75) is 31.3 Å². The number of halogens is 1. The maximum atomic E-state index is 12.7. The molecule has 1 aromatic heterocycles.